The molecule has 4 heteroatoms. The lowest BCUT2D eigenvalue weighted by molar-refractivity contribution is 0.134. The smallest absolute Gasteiger partial charge is 0.166 e. The Bertz CT molecular complexity index is 927. The topological polar surface area (TPSA) is 56.8 Å². The van der Waals surface area contributed by atoms with E-state index < -0.39 is 0 Å². The van der Waals surface area contributed by atoms with E-state index in [0.29, 0.717) is 6.54 Å². The van der Waals surface area contributed by atoms with E-state index in [0.717, 1.165) is 41.2 Å². The van der Waals surface area contributed by atoms with Crippen molar-refractivity contribution in [2.24, 2.45) is 10.7 Å². The van der Waals surface area contributed by atoms with Gasteiger partial charge in [-0.3, -0.25) is 4.99 Å². The first-order valence-electron chi connectivity index (χ1n) is 9.55. The first-order chi connectivity index (χ1) is 12.8. The SMILES string of the molecule is COc1c(CN)c2c(c3c1OC(C)(C)C3)C(c1ccccc1)=NC(C)(C)C2. The molecular weight excluding hydrogens is 336 g/mol. The van der Waals surface area contributed by atoms with E-state index in [9.17, 15) is 0 Å². The number of methoxy groups -OCH3 is 1. The van der Waals surface area contributed by atoms with Crippen LogP contribution in [0.2, 0.25) is 0 Å². The van der Waals surface area contributed by atoms with Crippen molar-refractivity contribution in [3.8, 4) is 11.5 Å². The van der Waals surface area contributed by atoms with E-state index in [2.05, 4.69) is 52.0 Å². The van der Waals surface area contributed by atoms with E-state index in [1.165, 1.54) is 16.7 Å². The predicted molar refractivity (Wildman–Crippen MR) is 109 cm³/mol. The number of benzene rings is 2. The Hall–Kier alpha value is -2.33. The van der Waals surface area contributed by atoms with Gasteiger partial charge in [0.15, 0.2) is 11.5 Å². The molecule has 0 saturated heterocycles. The molecule has 2 N–H and O–H groups in total. The summed E-state index contributed by atoms with van der Waals surface area (Å²) in [5.41, 5.74) is 12.6. The van der Waals surface area contributed by atoms with E-state index in [1.54, 1.807) is 7.11 Å². The van der Waals surface area contributed by atoms with E-state index in [-0.39, 0.29) is 11.1 Å². The van der Waals surface area contributed by atoms with E-state index in [1.807, 2.05) is 6.07 Å². The van der Waals surface area contributed by atoms with Crippen LogP contribution in [0.25, 0.3) is 0 Å². The zero-order valence-electron chi connectivity index (χ0n) is 16.8. The third-order valence-corrected chi connectivity index (χ3v) is 5.42. The highest BCUT2D eigenvalue weighted by Crippen LogP contribution is 2.50. The van der Waals surface area contributed by atoms with Crippen molar-refractivity contribution >= 4 is 5.71 Å². The Morgan fingerprint density at radius 2 is 1.78 bits per heavy atom. The summed E-state index contributed by atoms with van der Waals surface area (Å²) in [6.07, 6.45) is 1.67. The summed E-state index contributed by atoms with van der Waals surface area (Å²) in [7, 11) is 1.70. The number of aliphatic imine (C=N–C) groups is 1. The van der Waals surface area contributed by atoms with Gasteiger partial charge in [0.1, 0.15) is 5.60 Å². The van der Waals surface area contributed by atoms with Gasteiger partial charge in [-0.1, -0.05) is 30.3 Å². The van der Waals surface area contributed by atoms with Gasteiger partial charge >= 0.3 is 0 Å². The Balaban J connectivity index is 2.07. The predicted octanol–water partition coefficient (Wildman–Crippen LogP) is 4.04. The number of ether oxygens (including phenoxy) is 2. The third-order valence-electron chi connectivity index (χ3n) is 5.42. The fraction of sp³-hybridized carbons (Fsp3) is 0.435. The van der Waals surface area contributed by atoms with Crippen molar-refractivity contribution in [2.75, 3.05) is 7.11 Å². The fourth-order valence-corrected chi connectivity index (χ4v) is 4.42. The molecular formula is C23H28N2O2. The molecule has 0 atom stereocenters. The summed E-state index contributed by atoms with van der Waals surface area (Å²) in [6.45, 7) is 9.01. The molecule has 27 heavy (non-hydrogen) atoms. The van der Waals surface area contributed by atoms with Gasteiger partial charge in [-0.25, -0.2) is 0 Å². The lowest BCUT2D eigenvalue weighted by Crippen LogP contribution is -2.32. The van der Waals surface area contributed by atoms with E-state index in [4.69, 9.17) is 20.2 Å². The molecule has 2 aromatic rings. The summed E-state index contributed by atoms with van der Waals surface area (Å²) in [5.74, 6) is 1.63. The van der Waals surface area contributed by atoms with Crippen LogP contribution in [0.15, 0.2) is 35.3 Å². The minimum Gasteiger partial charge on any atom is -0.493 e. The molecule has 0 spiro atoms. The van der Waals surface area contributed by atoms with Gasteiger partial charge in [0.2, 0.25) is 0 Å². The molecule has 142 valence electrons. The van der Waals surface area contributed by atoms with Crippen LogP contribution in [0, 0.1) is 0 Å². The lowest BCUT2D eigenvalue weighted by atomic mass is 9.78. The van der Waals surface area contributed by atoms with Crippen LogP contribution in [0.3, 0.4) is 0 Å². The molecule has 0 radical (unpaired) electrons. The van der Waals surface area contributed by atoms with Gasteiger partial charge < -0.3 is 15.2 Å². The molecule has 0 aliphatic carbocycles. The minimum atomic E-state index is -0.272. The second-order valence-electron chi connectivity index (χ2n) is 8.73. The fourth-order valence-electron chi connectivity index (χ4n) is 4.42. The summed E-state index contributed by atoms with van der Waals surface area (Å²) in [5, 5.41) is 0. The summed E-state index contributed by atoms with van der Waals surface area (Å²) in [4.78, 5) is 5.16. The largest absolute Gasteiger partial charge is 0.493 e. The summed E-state index contributed by atoms with van der Waals surface area (Å²) >= 11 is 0. The van der Waals surface area contributed by atoms with Crippen molar-refractivity contribution in [1.82, 2.24) is 0 Å². The maximum absolute atomic E-state index is 6.33. The van der Waals surface area contributed by atoms with Crippen molar-refractivity contribution < 1.29 is 9.47 Å². The lowest BCUT2D eigenvalue weighted by Gasteiger charge is -2.33. The second kappa shape index (κ2) is 6.10. The van der Waals surface area contributed by atoms with Crippen molar-refractivity contribution in [1.29, 1.82) is 0 Å². The van der Waals surface area contributed by atoms with Crippen molar-refractivity contribution in [3.63, 3.8) is 0 Å². The van der Waals surface area contributed by atoms with Crippen molar-refractivity contribution in [3.05, 3.63) is 58.1 Å². The first kappa shape index (κ1) is 18.1. The van der Waals surface area contributed by atoms with Crippen LogP contribution in [0.5, 0.6) is 11.5 Å². The zero-order chi connectivity index (χ0) is 19.4. The zero-order valence-corrected chi connectivity index (χ0v) is 16.8. The molecule has 2 aliphatic heterocycles. The van der Waals surface area contributed by atoms with Crippen LogP contribution in [-0.4, -0.2) is 24.0 Å². The van der Waals surface area contributed by atoms with Crippen molar-refractivity contribution in [2.45, 2.75) is 58.2 Å². The standard InChI is InChI=1S/C23H28N2O2/c1-22(2)11-15-17(13-24)20(26-5)21-16(12-23(3,4)27-21)18(15)19(25-22)14-9-7-6-8-10-14/h6-10H,11-13,24H2,1-5H3. The monoisotopic (exact) mass is 364 g/mol. The Morgan fingerprint density at radius 1 is 1.07 bits per heavy atom. The van der Waals surface area contributed by atoms with Gasteiger partial charge in [0.05, 0.1) is 18.4 Å². The highest BCUT2D eigenvalue weighted by molar-refractivity contribution is 6.16. The number of hydrogen-bond acceptors (Lipinski definition) is 4. The molecule has 4 rings (SSSR count). The quantitative estimate of drug-likeness (QED) is 0.894. The molecule has 0 saturated carbocycles. The van der Waals surface area contributed by atoms with Crippen LogP contribution < -0.4 is 15.2 Å². The summed E-state index contributed by atoms with van der Waals surface area (Å²) in [6, 6.07) is 10.4. The average molecular weight is 364 g/mol. The van der Waals surface area contributed by atoms with Crippen LogP contribution in [-0.2, 0) is 19.4 Å². The second-order valence-corrected chi connectivity index (χ2v) is 8.73. The molecule has 0 bridgehead atoms. The van der Waals surface area contributed by atoms with Gasteiger partial charge in [0, 0.05) is 35.2 Å². The first-order valence-corrected chi connectivity index (χ1v) is 9.55. The maximum Gasteiger partial charge on any atom is 0.166 e. The van der Waals surface area contributed by atoms with Crippen LogP contribution in [0.4, 0.5) is 0 Å². The van der Waals surface area contributed by atoms with E-state index >= 15 is 0 Å². The Morgan fingerprint density at radius 3 is 2.41 bits per heavy atom. The average Bonchev–Trinajstić information content (AvgIpc) is 2.94. The normalized spacial score (nSPS) is 19.0. The third kappa shape index (κ3) is 2.92. The van der Waals surface area contributed by atoms with Gasteiger partial charge in [-0.05, 0) is 39.7 Å². The molecule has 2 aromatic carbocycles. The number of nitrogens with zero attached hydrogens (tertiary/aromatic N) is 1. The molecule has 4 nitrogen and oxygen atoms in total. The molecule has 2 heterocycles. The maximum atomic E-state index is 6.33. The highest BCUT2D eigenvalue weighted by atomic mass is 16.5. The number of hydrogen-bond donors (Lipinski definition) is 1. The molecule has 0 unspecified atom stereocenters. The Labute approximate surface area is 161 Å². The molecule has 2 aliphatic rings. The van der Waals surface area contributed by atoms with Crippen LogP contribution >= 0.6 is 0 Å². The van der Waals surface area contributed by atoms with Gasteiger partial charge in [-0.15, -0.1) is 0 Å². The summed E-state index contributed by atoms with van der Waals surface area (Å²) < 4.78 is 12.1. The van der Waals surface area contributed by atoms with Gasteiger partial charge in [-0.2, -0.15) is 0 Å². The molecule has 0 fully saturated rings. The molecule has 0 amide bonds. The molecule has 0 aromatic heterocycles. The van der Waals surface area contributed by atoms with Gasteiger partial charge in [0.25, 0.3) is 0 Å². The number of fused-ring (bicyclic) bond motifs is 3. The van der Waals surface area contributed by atoms with Crippen LogP contribution in [0.1, 0.15) is 55.5 Å². The number of nitrogens with two attached hydrogens (primary N) is 1. The highest BCUT2D eigenvalue weighted by Gasteiger charge is 2.41. The number of rotatable bonds is 3. The Kier molecular flexibility index (Phi) is 4.08. The minimum absolute atomic E-state index is 0.198.